The van der Waals surface area contributed by atoms with Crippen LogP contribution in [0.25, 0.3) is 0 Å². The molecule has 0 radical (unpaired) electrons. The van der Waals surface area contributed by atoms with Gasteiger partial charge in [-0.1, -0.05) is 41.9 Å². The fourth-order valence-electron chi connectivity index (χ4n) is 2.43. The lowest BCUT2D eigenvalue weighted by atomic mass is 10.1. The zero-order chi connectivity index (χ0) is 19.6. The van der Waals surface area contributed by atoms with E-state index in [0.717, 1.165) is 18.9 Å². The molecule has 2 aromatic rings. The SMILES string of the molecule is NS(=O)(=O)c1cc(C(=O)OC(C(=O)NC2CC2)c2ccccc2)ccc1Cl. The number of amides is 1. The number of ether oxygens (including phenoxy) is 1. The van der Waals surface area contributed by atoms with E-state index in [9.17, 15) is 18.0 Å². The van der Waals surface area contributed by atoms with Crippen molar-refractivity contribution in [3.63, 3.8) is 0 Å². The molecule has 3 rings (SSSR count). The first-order valence-electron chi connectivity index (χ1n) is 8.14. The summed E-state index contributed by atoms with van der Waals surface area (Å²) in [6.07, 6.45) is 0.611. The topological polar surface area (TPSA) is 116 Å². The van der Waals surface area contributed by atoms with Crippen LogP contribution in [0.1, 0.15) is 34.9 Å². The lowest BCUT2D eigenvalue weighted by molar-refractivity contribution is -0.130. The molecule has 0 spiro atoms. The predicted molar refractivity (Wildman–Crippen MR) is 98.6 cm³/mol. The van der Waals surface area contributed by atoms with Gasteiger partial charge in [0.25, 0.3) is 5.91 Å². The lowest BCUT2D eigenvalue weighted by Gasteiger charge is -2.18. The maximum Gasteiger partial charge on any atom is 0.339 e. The van der Waals surface area contributed by atoms with E-state index in [1.54, 1.807) is 30.3 Å². The smallest absolute Gasteiger partial charge is 0.339 e. The first-order valence-corrected chi connectivity index (χ1v) is 10.1. The van der Waals surface area contributed by atoms with Crippen molar-refractivity contribution in [1.29, 1.82) is 0 Å². The maximum absolute atomic E-state index is 12.5. The highest BCUT2D eigenvalue weighted by Gasteiger charge is 2.31. The first kappa shape index (κ1) is 19.3. The zero-order valence-electron chi connectivity index (χ0n) is 14.1. The van der Waals surface area contributed by atoms with Gasteiger partial charge in [-0.2, -0.15) is 0 Å². The summed E-state index contributed by atoms with van der Waals surface area (Å²) in [5, 5.41) is 7.79. The minimum absolute atomic E-state index is 0.0800. The number of nitrogens with two attached hydrogens (primary N) is 1. The Morgan fingerprint density at radius 3 is 2.41 bits per heavy atom. The molecule has 7 nitrogen and oxygen atoms in total. The molecular formula is C18H17ClN2O5S. The van der Waals surface area contributed by atoms with Crippen molar-refractivity contribution in [2.75, 3.05) is 0 Å². The van der Waals surface area contributed by atoms with Crippen LogP contribution in [0.5, 0.6) is 0 Å². The Balaban J connectivity index is 1.87. The first-order chi connectivity index (χ1) is 12.8. The number of hydrogen-bond acceptors (Lipinski definition) is 5. The molecular weight excluding hydrogens is 392 g/mol. The van der Waals surface area contributed by atoms with Crippen molar-refractivity contribution >= 4 is 33.5 Å². The normalized spacial score (nSPS) is 15.0. The molecule has 1 amide bonds. The Morgan fingerprint density at radius 1 is 1.15 bits per heavy atom. The van der Waals surface area contributed by atoms with E-state index in [4.69, 9.17) is 21.5 Å². The number of carbonyl (C=O) groups is 2. The predicted octanol–water partition coefficient (Wildman–Crippen LogP) is 2.16. The number of sulfonamides is 1. The molecule has 27 heavy (non-hydrogen) atoms. The number of nitrogens with one attached hydrogen (secondary N) is 1. The van der Waals surface area contributed by atoms with Gasteiger partial charge in [-0.3, -0.25) is 4.79 Å². The fourth-order valence-corrected chi connectivity index (χ4v) is 3.50. The molecule has 0 heterocycles. The van der Waals surface area contributed by atoms with Crippen molar-refractivity contribution in [2.45, 2.75) is 29.9 Å². The van der Waals surface area contributed by atoms with Gasteiger partial charge in [0.1, 0.15) is 4.90 Å². The van der Waals surface area contributed by atoms with E-state index < -0.39 is 32.9 Å². The molecule has 9 heteroatoms. The maximum atomic E-state index is 12.5. The second-order valence-corrected chi connectivity index (χ2v) is 8.11. The van der Waals surface area contributed by atoms with Crippen LogP contribution in [0.2, 0.25) is 5.02 Å². The number of rotatable bonds is 6. The van der Waals surface area contributed by atoms with Crippen LogP contribution in [0, 0.1) is 0 Å². The van der Waals surface area contributed by atoms with Gasteiger partial charge in [0.15, 0.2) is 0 Å². The molecule has 142 valence electrons. The van der Waals surface area contributed by atoms with Crippen LogP contribution in [0.4, 0.5) is 0 Å². The van der Waals surface area contributed by atoms with Crippen molar-refractivity contribution < 1.29 is 22.7 Å². The molecule has 1 unspecified atom stereocenters. The second kappa shape index (κ2) is 7.67. The third-order valence-electron chi connectivity index (χ3n) is 3.96. The number of hydrogen-bond donors (Lipinski definition) is 2. The van der Waals surface area contributed by atoms with Gasteiger partial charge >= 0.3 is 5.97 Å². The molecule has 0 bridgehead atoms. The van der Waals surface area contributed by atoms with Gasteiger partial charge in [0.2, 0.25) is 16.1 Å². The summed E-state index contributed by atoms with van der Waals surface area (Å²) < 4.78 is 28.6. The summed E-state index contributed by atoms with van der Waals surface area (Å²) >= 11 is 5.83. The van der Waals surface area contributed by atoms with Gasteiger partial charge in [0.05, 0.1) is 10.6 Å². The second-order valence-electron chi connectivity index (χ2n) is 6.17. The highest BCUT2D eigenvalue weighted by Crippen LogP contribution is 2.26. The monoisotopic (exact) mass is 408 g/mol. The van der Waals surface area contributed by atoms with Crippen molar-refractivity contribution in [2.24, 2.45) is 5.14 Å². The third kappa shape index (κ3) is 4.85. The van der Waals surface area contributed by atoms with Crippen LogP contribution in [-0.2, 0) is 19.6 Å². The number of halogens is 1. The summed E-state index contributed by atoms with van der Waals surface area (Å²) in [6.45, 7) is 0. The van der Waals surface area contributed by atoms with E-state index in [1.165, 1.54) is 12.1 Å². The number of esters is 1. The van der Waals surface area contributed by atoms with E-state index >= 15 is 0 Å². The van der Waals surface area contributed by atoms with E-state index in [1.807, 2.05) is 0 Å². The molecule has 1 aliphatic carbocycles. The van der Waals surface area contributed by atoms with E-state index in [2.05, 4.69) is 5.32 Å². The summed E-state index contributed by atoms with van der Waals surface area (Å²) in [5.74, 6) is -1.30. The summed E-state index contributed by atoms with van der Waals surface area (Å²) in [6, 6.07) is 12.2. The third-order valence-corrected chi connectivity index (χ3v) is 5.35. The van der Waals surface area contributed by atoms with Crippen LogP contribution in [0.15, 0.2) is 53.4 Å². The summed E-state index contributed by atoms with van der Waals surface area (Å²) in [5.41, 5.74) is 0.424. The molecule has 1 saturated carbocycles. The van der Waals surface area contributed by atoms with Crippen LogP contribution < -0.4 is 10.5 Å². The average molecular weight is 409 g/mol. The molecule has 0 aromatic heterocycles. The quantitative estimate of drug-likeness (QED) is 0.710. The fraction of sp³-hybridized carbons (Fsp3) is 0.222. The Bertz CT molecular complexity index is 975. The standard InChI is InChI=1S/C18H17ClN2O5S/c19-14-9-6-12(10-15(14)27(20,24)25)18(23)26-16(11-4-2-1-3-5-11)17(22)21-13-7-8-13/h1-6,9-10,13,16H,7-8H2,(H,21,22)(H2,20,24,25). The van der Waals surface area contributed by atoms with Crippen LogP contribution in [-0.4, -0.2) is 26.3 Å². The number of benzene rings is 2. The molecule has 1 atom stereocenters. The Labute approximate surface area is 161 Å². The van der Waals surface area contributed by atoms with Crippen LogP contribution >= 0.6 is 11.6 Å². The average Bonchev–Trinajstić information content (AvgIpc) is 3.43. The minimum atomic E-state index is -4.11. The summed E-state index contributed by atoms with van der Waals surface area (Å²) in [4.78, 5) is 24.7. The molecule has 0 saturated heterocycles. The molecule has 0 aliphatic heterocycles. The minimum Gasteiger partial charge on any atom is -0.444 e. The van der Waals surface area contributed by atoms with Gasteiger partial charge < -0.3 is 10.1 Å². The number of primary sulfonamides is 1. The Hall–Kier alpha value is -2.42. The zero-order valence-corrected chi connectivity index (χ0v) is 15.7. The van der Waals surface area contributed by atoms with Gasteiger partial charge in [-0.05, 0) is 31.0 Å². The van der Waals surface area contributed by atoms with E-state index in [0.29, 0.717) is 5.56 Å². The van der Waals surface area contributed by atoms with Crippen molar-refractivity contribution in [3.05, 3.63) is 64.7 Å². The highest BCUT2D eigenvalue weighted by molar-refractivity contribution is 7.89. The highest BCUT2D eigenvalue weighted by atomic mass is 35.5. The molecule has 1 aliphatic rings. The Kier molecular flexibility index (Phi) is 5.50. The van der Waals surface area contributed by atoms with Gasteiger partial charge in [0, 0.05) is 11.6 Å². The largest absolute Gasteiger partial charge is 0.444 e. The Morgan fingerprint density at radius 2 is 1.81 bits per heavy atom. The van der Waals surface area contributed by atoms with Crippen molar-refractivity contribution in [1.82, 2.24) is 5.32 Å². The molecule has 3 N–H and O–H groups in total. The van der Waals surface area contributed by atoms with Crippen LogP contribution in [0.3, 0.4) is 0 Å². The summed E-state index contributed by atoms with van der Waals surface area (Å²) in [7, 11) is -4.11. The molecule has 2 aromatic carbocycles. The van der Waals surface area contributed by atoms with Gasteiger partial charge in [-0.15, -0.1) is 0 Å². The lowest BCUT2D eigenvalue weighted by Crippen LogP contribution is -2.33. The number of carbonyl (C=O) groups excluding carboxylic acids is 2. The van der Waals surface area contributed by atoms with E-state index in [-0.39, 0.29) is 16.6 Å². The van der Waals surface area contributed by atoms with Crippen molar-refractivity contribution in [3.8, 4) is 0 Å². The molecule has 1 fully saturated rings. The van der Waals surface area contributed by atoms with Gasteiger partial charge in [-0.25, -0.2) is 18.4 Å².